The molecule has 0 amide bonds. The van der Waals surface area contributed by atoms with Crippen molar-refractivity contribution >= 4 is 20.1 Å². The van der Waals surface area contributed by atoms with E-state index in [0.717, 1.165) is 30.0 Å². The fourth-order valence-corrected chi connectivity index (χ4v) is 6.34. The third-order valence-corrected chi connectivity index (χ3v) is 9.08. The normalized spacial score (nSPS) is 28.4. The Morgan fingerprint density at radius 3 is 2.09 bits per heavy atom. The molecule has 2 atom stereocenters. The number of hydrogen-bond acceptors (Lipinski definition) is 4. The molecule has 2 fully saturated rings. The minimum atomic E-state index is -5.27. The molecule has 0 bridgehead atoms. The largest absolute Gasteiger partial charge is 0.380 e. The zero-order valence-corrected chi connectivity index (χ0v) is 14.8. The highest BCUT2D eigenvalue weighted by molar-refractivity contribution is 7.93. The molecule has 2 unspecified atom stereocenters. The van der Waals surface area contributed by atoms with Gasteiger partial charge in [0.1, 0.15) is 0 Å². The number of rotatable bonds is 4. The van der Waals surface area contributed by atoms with Crippen molar-refractivity contribution in [3.8, 4) is 0 Å². The molecule has 0 aromatic heterocycles. The summed E-state index contributed by atoms with van der Waals surface area (Å²) in [6, 6.07) is -0.509. The van der Waals surface area contributed by atoms with Gasteiger partial charge in [0.25, 0.3) is 20.1 Å². The molecule has 136 valence electrons. The highest BCUT2D eigenvalue weighted by Crippen LogP contribution is 2.45. The van der Waals surface area contributed by atoms with Gasteiger partial charge in [-0.15, -0.1) is 0 Å². The maximum Gasteiger partial charge on any atom is 0.380 e. The Morgan fingerprint density at radius 2 is 1.52 bits per heavy atom. The van der Waals surface area contributed by atoms with Gasteiger partial charge in [-0.25, -0.2) is 8.42 Å². The van der Waals surface area contributed by atoms with Crippen LogP contribution in [0.1, 0.15) is 52.4 Å². The first-order valence-electron chi connectivity index (χ1n) is 7.70. The van der Waals surface area contributed by atoms with Crippen molar-refractivity contribution in [3.05, 3.63) is 0 Å². The fraction of sp³-hybridized carbons (Fsp3) is 1.00. The molecule has 1 aliphatic heterocycles. The lowest BCUT2D eigenvalue weighted by atomic mass is 9.79. The molecule has 23 heavy (non-hydrogen) atoms. The lowest BCUT2D eigenvalue weighted by molar-refractivity contribution is 0.0339. The van der Waals surface area contributed by atoms with E-state index in [-0.39, 0.29) is 12.5 Å². The smallest absolute Gasteiger partial charge is 0.285 e. The van der Waals surface area contributed by atoms with E-state index in [2.05, 4.69) is 0 Å². The van der Waals surface area contributed by atoms with Gasteiger partial charge in [0, 0.05) is 12.6 Å². The molecule has 2 aliphatic rings. The molecule has 10 heteroatoms. The lowest BCUT2D eigenvalue weighted by Crippen LogP contribution is -2.61. The van der Waals surface area contributed by atoms with Crippen molar-refractivity contribution in [1.82, 2.24) is 4.31 Å². The summed E-state index contributed by atoms with van der Waals surface area (Å²) in [5.74, 6) is 0.0388. The van der Waals surface area contributed by atoms with Crippen LogP contribution >= 0.6 is 0 Å². The predicted molar refractivity (Wildman–Crippen MR) is 81.2 cm³/mol. The summed E-state index contributed by atoms with van der Waals surface area (Å²) >= 11 is 0. The topological polar surface area (TPSA) is 91.8 Å². The summed E-state index contributed by atoms with van der Waals surface area (Å²) in [7, 11) is -10.5. The minimum Gasteiger partial charge on any atom is -0.285 e. The molecule has 0 radical (unpaired) electrons. The predicted octanol–water partition coefficient (Wildman–Crippen LogP) is 2.23. The van der Waals surface area contributed by atoms with Crippen molar-refractivity contribution in [2.75, 3.05) is 6.54 Å². The Hall–Kier alpha value is -0.320. The second-order valence-electron chi connectivity index (χ2n) is 6.87. The van der Waals surface area contributed by atoms with Crippen molar-refractivity contribution in [2.24, 2.45) is 5.92 Å². The van der Waals surface area contributed by atoms with Crippen LogP contribution in [0.5, 0.6) is 0 Å². The Kier molecular flexibility index (Phi) is 4.87. The monoisotopic (exact) mass is 375 g/mol. The molecule has 0 aromatic carbocycles. The van der Waals surface area contributed by atoms with Gasteiger partial charge >= 0.3 is 5.25 Å². The summed E-state index contributed by atoms with van der Waals surface area (Å²) < 4.78 is 83.8. The molecule has 1 heterocycles. The lowest BCUT2D eigenvalue weighted by Gasteiger charge is -2.45. The van der Waals surface area contributed by atoms with E-state index in [4.69, 9.17) is 4.55 Å². The average Bonchev–Trinajstić information content (AvgIpc) is 2.45. The van der Waals surface area contributed by atoms with Crippen LogP contribution < -0.4 is 0 Å². The second-order valence-corrected chi connectivity index (χ2v) is 10.8. The van der Waals surface area contributed by atoms with Crippen LogP contribution in [-0.4, -0.2) is 48.3 Å². The molecule has 2 rings (SSSR count). The summed E-state index contributed by atoms with van der Waals surface area (Å²) in [5.41, 5.74) is 0. The third kappa shape index (κ3) is 2.91. The van der Waals surface area contributed by atoms with Crippen molar-refractivity contribution in [2.45, 2.75) is 68.4 Å². The summed E-state index contributed by atoms with van der Waals surface area (Å²) in [5, 5.41) is -4.62. The quantitative estimate of drug-likeness (QED) is 0.761. The number of alkyl halides is 2. The van der Waals surface area contributed by atoms with Gasteiger partial charge in [-0.2, -0.15) is 21.5 Å². The van der Waals surface area contributed by atoms with E-state index in [1.165, 1.54) is 0 Å². The first kappa shape index (κ1) is 19.0. The Morgan fingerprint density at radius 1 is 1.00 bits per heavy atom. The number of hydrogen-bond donors (Lipinski definition) is 1. The van der Waals surface area contributed by atoms with Gasteiger partial charge in [-0.3, -0.25) is 4.55 Å². The van der Waals surface area contributed by atoms with E-state index in [1.54, 1.807) is 0 Å². The Balaban J connectivity index is 2.44. The molecule has 1 saturated carbocycles. The molecule has 1 saturated heterocycles. The molecular formula is C13H23F2NO5S2. The van der Waals surface area contributed by atoms with Crippen LogP contribution in [-0.2, 0) is 20.1 Å². The van der Waals surface area contributed by atoms with Gasteiger partial charge in [-0.05, 0) is 45.4 Å². The van der Waals surface area contributed by atoms with Crippen molar-refractivity contribution in [1.29, 1.82) is 0 Å². The van der Waals surface area contributed by atoms with Crippen LogP contribution in [0.4, 0.5) is 8.78 Å². The van der Waals surface area contributed by atoms with E-state index < -0.39 is 36.2 Å². The third-order valence-electron chi connectivity index (χ3n) is 5.17. The number of halogens is 2. The zero-order chi connectivity index (χ0) is 17.7. The van der Waals surface area contributed by atoms with Crippen LogP contribution in [0.3, 0.4) is 0 Å². The molecule has 6 nitrogen and oxygen atoms in total. The van der Waals surface area contributed by atoms with Gasteiger partial charge in [-0.1, -0.05) is 12.8 Å². The average molecular weight is 375 g/mol. The van der Waals surface area contributed by atoms with Gasteiger partial charge in [0.2, 0.25) is 0 Å². The maximum atomic E-state index is 14.6. The van der Waals surface area contributed by atoms with Gasteiger partial charge in [0.05, 0.1) is 0 Å². The van der Waals surface area contributed by atoms with E-state index in [1.807, 2.05) is 0 Å². The maximum absolute atomic E-state index is 14.6. The van der Waals surface area contributed by atoms with E-state index in [0.29, 0.717) is 26.7 Å². The molecular weight excluding hydrogens is 352 g/mol. The minimum absolute atomic E-state index is 0.0388. The van der Waals surface area contributed by atoms with Crippen molar-refractivity contribution in [3.63, 3.8) is 0 Å². The Bertz CT molecular complexity index is 658. The fourth-order valence-electron chi connectivity index (χ4n) is 3.49. The molecule has 1 aliphatic carbocycles. The summed E-state index contributed by atoms with van der Waals surface area (Å²) in [6.45, 7) is 1.02. The summed E-state index contributed by atoms with van der Waals surface area (Å²) in [6.07, 6.45) is 4.28. The van der Waals surface area contributed by atoms with Gasteiger partial charge < -0.3 is 0 Å². The van der Waals surface area contributed by atoms with Crippen LogP contribution in [0.15, 0.2) is 0 Å². The van der Waals surface area contributed by atoms with Crippen LogP contribution in [0.25, 0.3) is 0 Å². The first-order chi connectivity index (χ1) is 10.3. The SMILES string of the molecule is CC(C)(C(F)(F)S(=O)(=O)N1CCCC2CCCCC21)S(=O)(=O)O. The number of piperidine rings is 1. The van der Waals surface area contributed by atoms with Gasteiger partial charge in [0.15, 0.2) is 4.75 Å². The highest BCUT2D eigenvalue weighted by Gasteiger charge is 2.66. The molecule has 1 N–H and O–H groups in total. The zero-order valence-electron chi connectivity index (χ0n) is 13.2. The number of nitrogens with zero attached hydrogens (tertiary/aromatic N) is 1. The van der Waals surface area contributed by atoms with Crippen molar-refractivity contribution < 1.29 is 30.2 Å². The highest BCUT2D eigenvalue weighted by atomic mass is 32.2. The molecule has 0 spiro atoms. The first-order valence-corrected chi connectivity index (χ1v) is 10.6. The number of sulfonamides is 1. The standard InChI is InChI=1S/C13H23F2NO5S2/c1-12(2,23(19,20)21)13(14,15)22(17,18)16-9-5-7-10-6-3-4-8-11(10)16/h10-11H,3-9H2,1-2H3,(H,19,20,21). The van der Waals surface area contributed by atoms with Crippen LogP contribution in [0.2, 0.25) is 0 Å². The van der Waals surface area contributed by atoms with E-state index in [9.17, 15) is 25.6 Å². The molecule has 0 aromatic rings. The Labute approximate surface area is 136 Å². The summed E-state index contributed by atoms with van der Waals surface area (Å²) in [4.78, 5) is 0. The second kappa shape index (κ2) is 5.89. The van der Waals surface area contributed by atoms with Crippen LogP contribution in [0, 0.1) is 5.92 Å². The van der Waals surface area contributed by atoms with E-state index >= 15 is 0 Å². The number of fused-ring (bicyclic) bond motifs is 1.